The number of aromatic hydroxyl groups is 1. The SMILES string of the molecule is CCOc1cc(/C=N/NC(=O)c2ccc(Br)cc2)c(Br)c(Br)c1O. The van der Waals surface area contributed by atoms with Gasteiger partial charge in [0.1, 0.15) is 0 Å². The molecule has 0 spiro atoms. The monoisotopic (exact) mass is 518 g/mol. The summed E-state index contributed by atoms with van der Waals surface area (Å²) in [6.07, 6.45) is 1.47. The molecule has 2 N–H and O–H groups in total. The molecule has 0 heterocycles. The quantitative estimate of drug-likeness (QED) is 0.438. The number of halogens is 3. The zero-order valence-electron chi connectivity index (χ0n) is 12.5. The molecule has 126 valence electrons. The molecule has 0 radical (unpaired) electrons. The van der Waals surface area contributed by atoms with E-state index in [2.05, 4.69) is 58.3 Å². The van der Waals surface area contributed by atoms with Crippen molar-refractivity contribution in [3.8, 4) is 11.5 Å². The van der Waals surface area contributed by atoms with E-state index in [1.807, 2.05) is 6.92 Å². The van der Waals surface area contributed by atoms with Crippen LogP contribution in [-0.2, 0) is 0 Å². The largest absolute Gasteiger partial charge is 0.503 e. The van der Waals surface area contributed by atoms with Gasteiger partial charge in [-0.3, -0.25) is 4.79 Å². The van der Waals surface area contributed by atoms with Crippen LogP contribution in [0.1, 0.15) is 22.8 Å². The molecule has 0 fully saturated rings. The van der Waals surface area contributed by atoms with Gasteiger partial charge in [0.05, 0.1) is 17.3 Å². The maximum atomic E-state index is 12.0. The number of phenolic OH excluding ortho intramolecular Hbond substituents is 1. The number of nitrogens with one attached hydrogen (secondary N) is 1. The Bertz CT molecular complexity index is 777. The molecular weight excluding hydrogens is 508 g/mol. The molecule has 2 rings (SSSR count). The van der Waals surface area contributed by atoms with E-state index in [-0.39, 0.29) is 11.7 Å². The predicted octanol–water partition coefficient (Wildman–Crippen LogP) is 4.84. The molecule has 0 aromatic heterocycles. The first-order valence-electron chi connectivity index (χ1n) is 6.86. The Labute approximate surface area is 164 Å². The summed E-state index contributed by atoms with van der Waals surface area (Å²) in [6.45, 7) is 2.24. The van der Waals surface area contributed by atoms with Crippen LogP contribution in [0.5, 0.6) is 11.5 Å². The molecule has 0 unspecified atom stereocenters. The van der Waals surface area contributed by atoms with Gasteiger partial charge in [0.2, 0.25) is 0 Å². The Balaban J connectivity index is 2.16. The molecule has 0 bridgehead atoms. The molecule has 0 aliphatic rings. The van der Waals surface area contributed by atoms with Crippen molar-refractivity contribution in [3.05, 3.63) is 54.9 Å². The van der Waals surface area contributed by atoms with Crippen LogP contribution in [0, 0.1) is 0 Å². The molecule has 2 aromatic carbocycles. The Morgan fingerprint density at radius 2 is 1.92 bits per heavy atom. The van der Waals surface area contributed by atoms with E-state index in [9.17, 15) is 9.90 Å². The Hall–Kier alpha value is -1.38. The lowest BCUT2D eigenvalue weighted by molar-refractivity contribution is 0.0955. The number of hydrazone groups is 1. The van der Waals surface area contributed by atoms with Crippen molar-refractivity contribution in [2.24, 2.45) is 5.10 Å². The minimum Gasteiger partial charge on any atom is -0.503 e. The number of nitrogens with zero attached hydrogens (tertiary/aromatic N) is 1. The van der Waals surface area contributed by atoms with Crippen LogP contribution in [-0.4, -0.2) is 23.8 Å². The van der Waals surface area contributed by atoms with Gasteiger partial charge in [0.15, 0.2) is 11.5 Å². The summed E-state index contributed by atoms with van der Waals surface area (Å²) in [7, 11) is 0. The van der Waals surface area contributed by atoms with Gasteiger partial charge in [-0.1, -0.05) is 15.9 Å². The topological polar surface area (TPSA) is 70.9 Å². The molecule has 0 atom stereocenters. The normalized spacial score (nSPS) is 10.8. The van der Waals surface area contributed by atoms with Crippen molar-refractivity contribution in [2.75, 3.05) is 6.61 Å². The summed E-state index contributed by atoms with van der Waals surface area (Å²) in [5.74, 6) is 0.00535. The van der Waals surface area contributed by atoms with Crippen LogP contribution < -0.4 is 10.2 Å². The minimum atomic E-state index is -0.322. The second kappa shape index (κ2) is 8.64. The van der Waals surface area contributed by atoms with Gasteiger partial charge >= 0.3 is 0 Å². The van der Waals surface area contributed by atoms with E-state index in [4.69, 9.17) is 4.74 Å². The highest BCUT2D eigenvalue weighted by atomic mass is 79.9. The summed E-state index contributed by atoms with van der Waals surface area (Å²) in [6, 6.07) is 8.56. The van der Waals surface area contributed by atoms with E-state index in [1.165, 1.54) is 6.21 Å². The van der Waals surface area contributed by atoms with E-state index in [0.29, 0.717) is 32.4 Å². The highest BCUT2D eigenvalue weighted by molar-refractivity contribution is 9.13. The first-order valence-corrected chi connectivity index (χ1v) is 9.24. The van der Waals surface area contributed by atoms with Crippen LogP contribution in [0.3, 0.4) is 0 Å². The fourth-order valence-corrected chi connectivity index (χ4v) is 2.89. The fourth-order valence-electron chi connectivity index (χ4n) is 1.80. The summed E-state index contributed by atoms with van der Waals surface area (Å²) in [4.78, 5) is 12.0. The lowest BCUT2D eigenvalue weighted by atomic mass is 10.2. The summed E-state index contributed by atoms with van der Waals surface area (Å²) in [5, 5.41) is 13.9. The number of ether oxygens (including phenoxy) is 1. The highest BCUT2D eigenvalue weighted by Crippen LogP contribution is 2.41. The third-order valence-electron chi connectivity index (χ3n) is 2.95. The molecule has 0 aliphatic heterocycles. The van der Waals surface area contributed by atoms with Gasteiger partial charge < -0.3 is 9.84 Å². The molecule has 8 heteroatoms. The molecular formula is C16H13Br3N2O3. The van der Waals surface area contributed by atoms with E-state index < -0.39 is 0 Å². The predicted molar refractivity (Wildman–Crippen MR) is 104 cm³/mol. The first kappa shape index (κ1) is 19.0. The van der Waals surface area contributed by atoms with Crippen LogP contribution in [0.2, 0.25) is 0 Å². The second-order valence-corrected chi connectivity index (χ2v) is 7.08. The van der Waals surface area contributed by atoms with Crippen molar-refractivity contribution in [1.29, 1.82) is 0 Å². The second-order valence-electron chi connectivity index (χ2n) is 4.58. The maximum Gasteiger partial charge on any atom is 0.271 e. The minimum absolute atomic E-state index is 0.000210. The van der Waals surface area contributed by atoms with Crippen LogP contribution in [0.4, 0.5) is 0 Å². The van der Waals surface area contributed by atoms with Crippen LogP contribution in [0.15, 0.2) is 48.9 Å². The lowest BCUT2D eigenvalue weighted by Crippen LogP contribution is -2.17. The summed E-state index contributed by atoms with van der Waals surface area (Å²) >= 11 is 9.96. The number of carbonyl (C=O) groups excluding carboxylic acids is 1. The Morgan fingerprint density at radius 3 is 2.54 bits per heavy atom. The molecule has 0 saturated carbocycles. The number of carbonyl (C=O) groups is 1. The molecule has 0 aliphatic carbocycles. The number of hydrogen-bond donors (Lipinski definition) is 2. The molecule has 24 heavy (non-hydrogen) atoms. The Morgan fingerprint density at radius 1 is 1.25 bits per heavy atom. The van der Waals surface area contributed by atoms with Gasteiger partial charge in [-0.05, 0) is 69.1 Å². The lowest BCUT2D eigenvalue weighted by Gasteiger charge is -2.10. The molecule has 2 aromatic rings. The van der Waals surface area contributed by atoms with E-state index in [1.54, 1.807) is 30.3 Å². The Kier molecular flexibility index (Phi) is 6.82. The van der Waals surface area contributed by atoms with E-state index >= 15 is 0 Å². The average Bonchev–Trinajstić information content (AvgIpc) is 2.57. The highest BCUT2D eigenvalue weighted by Gasteiger charge is 2.14. The van der Waals surface area contributed by atoms with Crippen molar-refractivity contribution in [2.45, 2.75) is 6.92 Å². The number of hydrogen-bond acceptors (Lipinski definition) is 4. The third-order valence-corrected chi connectivity index (χ3v) is 5.64. The van der Waals surface area contributed by atoms with Crippen molar-refractivity contribution < 1.29 is 14.6 Å². The van der Waals surface area contributed by atoms with Crippen molar-refractivity contribution in [3.63, 3.8) is 0 Å². The number of benzene rings is 2. The number of rotatable bonds is 5. The van der Waals surface area contributed by atoms with Crippen LogP contribution in [0.25, 0.3) is 0 Å². The van der Waals surface area contributed by atoms with Crippen molar-refractivity contribution in [1.82, 2.24) is 5.43 Å². The summed E-state index contributed by atoms with van der Waals surface area (Å²) in [5.41, 5.74) is 3.59. The summed E-state index contributed by atoms with van der Waals surface area (Å²) < 4.78 is 7.31. The maximum absolute atomic E-state index is 12.0. The van der Waals surface area contributed by atoms with Crippen molar-refractivity contribution >= 4 is 59.9 Å². The van der Waals surface area contributed by atoms with Gasteiger partial charge in [-0.15, -0.1) is 0 Å². The van der Waals surface area contributed by atoms with Crippen LogP contribution >= 0.6 is 47.8 Å². The molecule has 1 amide bonds. The smallest absolute Gasteiger partial charge is 0.271 e. The van der Waals surface area contributed by atoms with Gasteiger partial charge in [-0.2, -0.15) is 5.10 Å². The molecule has 5 nitrogen and oxygen atoms in total. The third kappa shape index (κ3) is 4.58. The zero-order chi connectivity index (χ0) is 17.7. The number of phenols is 1. The first-order chi connectivity index (χ1) is 11.4. The van der Waals surface area contributed by atoms with Gasteiger partial charge in [-0.25, -0.2) is 5.43 Å². The zero-order valence-corrected chi connectivity index (χ0v) is 17.3. The van der Waals surface area contributed by atoms with E-state index in [0.717, 1.165) is 4.47 Å². The van der Waals surface area contributed by atoms with Gasteiger partial charge in [0, 0.05) is 20.1 Å². The fraction of sp³-hybridized carbons (Fsp3) is 0.125. The van der Waals surface area contributed by atoms with Gasteiger partial charge in [0.25, 0.3) is 5.91 Å². The molecule has 0 saturated heterocycles. The number of amides is 1. The average molecular weight is 521 g/mol. The standard InChI is InChI=1S/C16H13Br3N2O3/c1-2-24-12-7-10(13(18)14(19)15(12)22)8-20-21-16(23)9-3-5-11(17)6-4-9/h3-8,22H,2H2,1H3,(H,21,23)/b20-8+.